The third-order valence-corrected chi connectivity index (χ3v) is 5.45. The van der Waals surface area contributed by atoms with Crippen LogP contribution in [-0.2, 0) is 19.9 Å². The van der Waals surface area contributed by atoms with E-state index in [0.29, 0.717) is 11.3 Å². The van der Waals surface area contributed by atoms with Crippen LogP contribution in [0.3, 0.4) is 0 Å². The normalized spacial score (nSPS) is 18.4. The summed E-state index contributed by atoms with van der Waals surface area (Å²) in [5.74, 6) is -1.14. The second-order valence-electron chi connectivity index (χ2n) is 6.38. The van der Waals surface area contributed by atoms with Crippen molar-refractivity contribution in [3.8, 4) is 5.75 Å². The highest BCUT2D eigenvalue weighted by Gasteiger charge is 2.49. The number of thiophene rings is 1. The molecule has 9 nitrogen and oxygen atoms in total. The molecule has 152 valence electrons. The van der Waals surface area contributed by atoms with Gasteiger partial charge < -0.3 is 20.1 Å². The van der Waals surface area contributed by atoms with Gasteiger partial charge in [0.25, 0.3) is 5.91 Å². The van der Waals surface area contributed by atoms with Crippen LogP contribution in [0.2, 0.25) is 0 Å². The van der Waals surface area contributed by atoms with Crippen molar-refractivity contribution in [2.75, 3.05) is 26.1 Å². The first-order valence-corrected chi connectivity index (χ1v) is 9.42. The third-order valence-electron chi connectivity index (χ3n) is 4.55. The molecule has 1 atom stereocenters. The molecule has 10 heteroatoms. The standard InChI is InChI=1S/C19H19N3O6S/c1-19(11-4-6-12(27-2)7-5-11)17(25)22(18(26)21-19)10-14(23)20-13-8-9-29-15(13)16(24)28-3/h4-9H,10H2,1-3H3,(H,20,23)(H,21,26). The summed E-state index contributed by atoms with van der Waals surface area (Å²) in [4.78, 5) is 50.5. The molecule has 2 aromatic rings. The zero-order valence-corrected chi connectivity index (χ0v) is 16.8. The molecule has 0 saturated carbocycles. The van der Waals surface area contributed by atoms with Gasteiger partial charge in [-0.15, -0.1) is 11.3 Å². The van der Waals surface area contributed by atoms with Gasteiger partial charge in [-0.25, -0.2) is 9.59 Å². The lowest BCUT2D eigenvalue weighted by atomic mass is 9.92. The van der Waals surface area contributed by atoms with E-state index >= 15 is 0 Å². The number of hydrogen-bond acceptors (Lipinski definition) is 7. The number of urea groups is 1. The summed E-state index contributed by atoms with van der Waals surface area (Å²) in [6, 6.07) is 7.58. The fourth-order valence-corrected chi connectivity index (χ4v) is 3.72. The summed E-state index contributed by atoms with van der Waals surface area (Å²) in [5.41, 5.74) is -0.481. The highest BCUT2D eigenvalue weighted by Crippen LogP contribution is 2.30. The number of methoxy groups -OCH3 is 2. The fraction of sp³-hybridized carbons (Fsp3) is 0.263. The number of hydrogen-bond donors (Lipinski definition) is 2. The van der Waals surface area contributed by atoms with Crippen LogP contribution in [0.25, 0.3) is 0 Å². The number of benzene rings is 1. The van der Waals surface area contributed by atoms with E-state index < -0.39 is 35.9 Å². The van der Waals surface area contributed by atoms with Gasteiger partial charge in [0.1, 0.15) is 22.7 Å². The maximum absolute atomic E-state index is 12.9. The molecule has 2 N–H and O–H groups in total. The molecule has 0 aliphatic carbocycles. The number of carbonyl (C=O) groups excluding carboxylic acids is 4. The molecule has 1 saturated heterocycles. The van der Waals surface area contributed by atoms with Gasteiger partial charge >= 0.3 is 12.0 Å². The average molecular weight is 417 g/mol. The minimum Gasteiger partial charge on any atom is -0.497 e. The molecular weight excluding hydrogens is 398 g/mol. The minimum absolute atomic E-state index is 0.223. The molecule has 1 unspecified atom stereocenters. The molecule has 29 heavy (non-hydrogen) atoms. The first-order chi connectivity index (χ1) is 13.8. The molecule has 4 amide bonds. The lowest BCUT2D eigenvalue weighted by Gasteiger charge is -2.22. The van der Waals surface area contributed by atoms with Crippen molar-refractivity contribution >= 4 is 40.8 Å². The summed E-state index contributed by atoms with van der Waals surface area (Å²) in [5, 5.41) is 6.79. The van der Waals surface area contributed by atoms with Crippen molar-refractivity contribution in [3.63, 3.8) is 0 Å². The van der Waals surface area contributed by atoms with Crippen LogP contribution in [0.15, 0.2) is 35.7 Å². The van der Waals surface area contributed by atoms with E-state index in [0.717, 1.165) is 16.2 Å². The predicted molar refractivity (Wildman–Crippen MR) is 105 cm³/mol. The van der Waals surface area contributed by atoms with Crippen LogP contribution in [0.5, 0.6) is 5.75 Å². The highest BCUT2D eigenvalue weighted by molar-refractivity contribution is 7.12. The lowest BCUT2D eigenvalue weighted by molar-refractivity contribution is -0.133. The van der Waals surface area contributed by atoms with Gasteiger partial charge in [0, 0.05) is 0 Å². The fourth-order valence-electron chi connectivity index (χ4n) is 2.95. The Labute approximate surface area is 170 Å². The average Bonchev–Trinajstić information content (AvgIpc) is 3.26. The number of esters is 1. The van der Waals surface area contributed by atoms with Crippen molar-refractivity contribution in [2.24, 2.45) is 0 Å². The Morgan fingerprint density at radius 1 is 1.17 bits per heavy atom. The van der Waals surface area contributed by atoms with Crippen LogP contribution >= 0.6 is 11.3 Å². The monoisotopic (exact) mass is 417 g/mol. The molecule has 0 bridgehead atoms. The summed E-state index contributed by atoms with van der Waals surface area (Å²) in [6.45, 7) is 1.08. The molecule has 1 aliphatic rings. The van der Waals surface area contributed by atoms with Gasteiger partial charge in [-0.2, -0.15) is 0 Å². The van der Waals surface area contributed by atoms with Crippen molar-refractivity contribution in [1.29, 1.82) is 0 Å². The largest absolute Gasteiger partial charge is 0.497 e. The van der Waals surface area contributed by atoms with E-state index in [1.165, 1.54) is 14.2 Å². The van der Waals surface area contributed by atoms with Gasteiger partial charge in [0.05, 0.1) is 19.9 Å². The summed E-state index contributed by atoms with van der Waals surface area (Å²) < 4.78 is 9.76. The number of anilines is 1. The summed E-state index contributed by atoms with van der Waals surface area (Å²) in [7, 11) is 2.76. The Kier molecular flexibility index (Phi) is 5.55. The van der Waals surface area contributed by atoms with E-state index in [9.17, 15) is 19.2 Å². The number of nitrogens with zero attached hydrogens (tertiary/aromatic N) is 1. The Balaban J connectivity index is 1.74. The zero-order chi connectivity index (χ0) is 21.2. The van der Waals surface area contributed by atoms with Crippen molar-refractivity contribution in [1.82, 2.24) is 10.2 Å². The molecule has 1 fully saturated rings. The molecule has 2 heterocycles. The van der Waals surface area contributed by atoms with Crippen LogP contribution in [-0.4, -0.2) is 49.5 Å². The SMILES string of the molecule is COC(=O)c1sccc1NC(=O)CN1C(=O)NC(C)(c2ccc(OC)cc2)C1=O. The van der Waals surface area contributed by atoms with Crippen molar-refractivity contribution < 1.29 is 28.7 Å². The number of amides is 4. The van der Waals surface area contributed by atoms with E-state index in [4.69, 9.17) is 4.74 Å². The Hall–Kier alpha value is -3.40. The Morgan fingerprint density at radius 2 is 1.86 bits per heavy atom. The van der Waals surface area contributed by atoms with Crippen LogP contribution < -0.4 is 15.4 Å². The zero-order valence-electron chi connectivity index (χ0n) is 16.0. The number of carbonyl (C=O) groups is 4. The van der Waals surface area contributed by atoms with Gasteiger partial charge in [0.15, 0.2) is 0 Å². The molecule has 0 spiro atoms. The summed E-state index contributed by atoms with van der Waals surface area (Å²) >= 11 is 1.11. The van der Waals surface area contributed by atoms with E-state index in [1.807, 2.05) is 0 Å². The van der Waals surface area contributed by atoms with Gasteiger partial charge in [-0.3, -0.25) is 14.5 Å². The molecule has 1 aliphatic heterocycles. The smallest absolute Gasteiger partial charge is 0.350 e. The van der Waals surface area contributed by atoms with E-state index in [2.05, 4.69) is 15.4 Å². The number of rotatable bonds is 6. The lowest BCUT2D eigenvalue weighted by Crippen LogP contribution is -2.42. The first-order valence-electron chi connectivity index (χ1n) is 8.54. The van der Waals surface area contributed by atoms with Gasteiger partial charge in [0.2, 0.25) is 5.91 Å². The van der Waals surface area contributed by atoms with Gasteiger partial charge in [-0.05, 0) is 36.1 Å². The van der Waals surface area contributed by atoms with E-state index in [-0.39, 0.29) is 10.6 Å². The highest BCUT2D eigenvalue weighted by atomic mass is 32.1. The number of imide groups is 1. The quantitative estimate of drug-likeness (QED) is 0.549. The van der Waals surface area contributed by atoms with Crippen molar-refractivity contribution in [2.45, 2.75) is 12.5 Å². The molecule has 3 rings (SSSR count). The second-order valence-corrected chi connectivity index (χ2v) is 7.29. The van der Waals surface area contributed by atoms with Crippen LogP contribution in [0.1, 0.15) is 22.2 Å². The maximum Gasteiger partial charge on any atom is 0.350 e. The molecular formula is C19H19N3O6S. The maximum atomic E-state index is 12.9. The molecule has 1 aromatic heterocycles. The van der Waals surface area contributed by atoms with Gasteiger partial charge in [-0.1, -0.05) is 12.1 Å². The second kappa shape index (κ2) is 7.92. The Bertz CT molecular complexity index is 971. The Morgan fingerprint density at radius 3 is 2.48 bits per heavy atom. The van der Waals surface area contributed by atoms with E-state index in [1.54, 1.807) is 42.6 Å². The predicted octanol–water partition coefficient (Wildman–Crippen LogP) is 1.95. The van der Waals surface area contributed by atoms with Crippen molar-refractivity contribution in [3.05, 3.63) is 46.2 Å². The molecule has 1 aromatic carbocycles. The summed E-state index contributed by atoms with van der Waals surface area (Å²) in [6.07, 6.45) is 0. The minimum atomic E-state index is -1.30. The number of nitrogens with one attached hydrogen (secondary N) is 2. The number of ether oxygens (including phenoxy) is 2. The topological polar surface area (TPSA) is 114 Å². The van der Waals surface area contributed by atoms with Crippen LogP contribution in [0.4, 0.5) is 10.5 Å². The first kappa shape index (κ1) is 20.3. The third kappa shape index (κ3) is 3.79. The molecule has 0 radical (unpaired) electrons. The van der Waals surface area contributed by atoms with Crippen LogP contribution in [0, 0.1) is 0 Å².